The van der Waals surface area contributed by atoms with E-state index in [2.05, 4.69) is 18.7 Å². The molecule has 0 bridgehead atoms. The second kappa shape index (κ2) is 11.9. The molecule has 0 fully saturated rings. The van der Waals surface area contributed by atoms with Gasteiger partial charge < -0.3 is 9.64 Å². The van der Waals surface area contributed by atoms with Gasteiger partial charge in [-0.05, 0) is 52.2 Å². The van der Waals surface area contributed by atoms with Crippen molar-refractivity contribution in [2.45, 2.75) is 59.3 Å². The van der Waals surface area contributed by atoms with E-state index in [9.17, 15) is 4.79 Å². The van der Waals surface area contributed by atoms with Gasteiger partial charge in [0.15, 0.2) is 0 Å². The molecule has 0 unspecified atom stereocenters. The van der Waals surface area contributed by atoms with Crippen LogP contribution in [0, 0.1) is 0 Å². The molecule has 3 heteroatoms. The Morgan fingerprint density at radius 1 is 0.941 bits per heavy atom. The molecule has 0 aromatic heterocycles. The van der Waals surface area contributed by atoms with Crippen LogP contribution in [0.3, 0.4) is 0 Å². The van der Waals surface area contributed by atoms with Crippen molar-refractivity contribution in [3.8, 4) is 0 Å². The minimum absolute atomic E-state index is 0.0496. The number of nitrogens with zero attached hydrogens (tertiary/aromatic N) is 1. The van der Waals surface area contributed by atoms with Gasteiger partial charge in [-0.1, -0.05) is 20.3 Å². The van der Waals surface area contributed by atoms with Gasteiger partial charge in [-0.15, -0.1) is 0 Å². The van der Waals surface area contributed by atoms with Gasteiger partial charge in [0.25, 0.3) is 0 Å². The van der Waals surface area contributed by atoms with Crippen molar-refractivity contribution in [1.29, 1.82) is 0 Å². The van der Waals surface area contributed by atoms with Crippen molar-refractivity contribution in [3.63, 3.8) is 0 Å². The summed E-state index contributed by atoms with van der Waals surface area (Å²) < 4.78 is 4.90. The van der Waals surface area contributed by atoms with Crippen LogP contribution in [0.4, 0.5) is 0 Å². The highest BCUT2D eigenvalue weighted by molar-refractivity contribution is 5.69. The number of carbonyl (C=O) groups is 1. The van der Waals surface area contributed by atoms with E-state index in [0.29, 0.717) is 13.0 Å². The molecule has 102 valence electrons. The van der Waals surface area contributed by atoms with Gasteiger partial charge in [0.1, 0.15) is 0 Å². The zero-order chi connectivity index (χ0) is 12.9. The summed E-state index contributed by atoms with van der Waals surface area (Å²) in [4.78, 5) is 13.6. The van der Waals surface area contributed by atoms with E-state index in [-0.39, 0.29) is 5.97 Å². The molecule has 0 radical (unpaired) electrons. The van der Waals surface area contributed by atoms with Gasteiger partial charge in [0.05, 0.1) is 6.61 Å². The number of hydrogen-bond donors (Lipinski definition) is 0. The molecule has 0 saturated heterocycles. The first-order valence-corrected chi connectivity index (χ1v) is 7.12. The fraction of sp³-hybridized carbons (Fsp3) is 0.929. The Labute approximate surface area is 107 Å². The Morgan fingerprint density at radius 2 is 1.59 bits per heavy atom. The minimum atomic E-state index is -0.0496. The first-order chi connectivity index (χ1) is 8.24. The van der Waals surface area contributed by atoms with Crippen molar-refractivity contribution < 1.29 is 9.53 Å². The van der Waals surface area contributed by atoms with Gasteiger partial charge in [-0.25, -0.2) is 0 Å². The van der Waals surface area contributed by atoms with E-state index >= 15 is 0 Å². The Kier molecular flexibility index (Phi) is 11.5. The molecule has 0 amide bonds. The zero-order valence-electron chi connectivity index (χ0n) is 11.8. The monoisotopic (exact) mass is 243 g/mol. The van der Waals surface area contributed by atoms with Crippen LogP contribution in [-0.4, -0.2) is 37.1 Å². The maximum atomic E-state index is 11.1. The number of ether oxygens (including phenoxy) is 1. The van der Waals surface area contributed by atoms with Crippen LogP contribution in [0.2, 0.25) is 0 Å². The SMILES string of the molecule is CCCN(CCC)CCCCCC(=O)OCC. The maximum Gasteiger partial charge on any atom is 0.305 e. The lowest BCUT2D eigenvalue weighted by Crippen LogP contribution is -2.26. The molecule has 0 aliphatic carbocycles. The number of hydrogen-bond acceptors (Lipinski definition) is 3. The van der Waals surface area contributed by atoms with E-state index in [4.69, 9.17) is 4.74 Å². The van der Waals surface area contributed by atoms with Crippen molar-refractivity contribution >= 4 is 5.97 Å². The normalized spacial score (nSPS) is 10.8. The second-order valence-corrected chi connectivity index (χ2v) is 4.46. The molecule has 0 rings (SSSR count). The first-order valence-electron chi connectivity index (χ1n) is 7.12. The third-order valence-electron chi connectivity index (χ3n) is 2.74. The van der Waals surface area contributed by atoms with Gasteiger partial charge in [0, 0.05) is 6.42 Å². The third kappa shape index (κ3) is 10.3. The van der Waals surface area contributed by atoms with E-state index in [1.54, 1.807) is 0 Å². The molecule has 3 nitrogen and oxygen atoms in total. The largest absolute Gasteiger partial charge is 0.466 e. The van der Waals surface area contributed by atoms with Crippen molar-refractivity contribution in [2.75, 3.05) is 26.2 Å². The summed E-state index contributed by atoms with van der Waals surface area (Å²) in [6.45, 7) is 10.4. The molecule has 0 aromatic carbocycles. The number of esters is 1. The predicted octanol–water partition coefficient (Wildman–Crippen LogP) is 3.23. The van der Waals surface area contributed by atoms with E-state index < -0.39 is 0 Å². The summed E-state index contributed by atoms with van der Waals surface area (Å²) in [5, 5.41) is 0. The number of unbranched alkanes of at least 4 members (excludes halogenated alkanes) is 2. The Hall–Kier alpha value is -0.570. The molecule has 17 heavy (non-hydrogen) atoms. The summed E-state index contributed by atoms with van der Waals surface area (Å²) in [5.74, 6) is -0.0496. The molecule has 0 aliphatic heterocycles. The van der Waals surface area contributed by atoms with Crippen LogP contribution in [0.5, 0.6) is 0 Å². The lowest BCUT2D eigenvalue weighted by molar-refractivity contribution is -0.143. The van der Waals surface area contributed by atoms with Crippen molar-refractivity contribution in [1.82, 2.24) is 4.90 Å². The molecule has 0 atom stereocenters. The Bertz CT molecular complexity index is 177. The molecular weight excluding hydrogens is 214 g/mol. The molecule has 0 aliphatic rings. The quantitative estimate of drug-likeness (QED) is 0.412. The fourth-order valence-corrected chi connectivity index (χ4v) is 1.98. The molecule has 0 saturated carbocycles. The van der Waals surface area contributed by atoms with Crippen LogP contribution in [-0.2, 0) is 9.53 Å². The minimum Gasteiger partial charge on any atom is -0.466 e. The van der Waals surface area contributed by atoms with Gasteiger partial charge in [0.2, 0.25) is 0 Å². The molecule has 0 heterocycles. The van der Waals surface area contributed by atoms with Crippen molar-refractivity contribution in [3.05, 3.63) is 0 Å². The lowest BCUT2D eigenvalue weighted by atomic mass is 10.2. The van der Waals surface area contributed by atoms with Gasteiger partial charge in [-0.3, -0.25) is 4.79 Å². The highest BCUT2D eigenvalue weighted by atomic mass is 16.5. The van der Waals surface area contributed by atoms with Crippen LogP contribution in [0.25, 0.3) is 0 Å². The smallest absolute Gasteiger partial charge is 0.305 e. The average molecular weight is 243 g/mol. The number of carbonyl (C=O) groups excluding carboxylic acids is 1. The van der Waals surface area contributed by atoms with Crippen LogP contribution in [0.15, 0.2) is 0 Å². The zero-order valence-corrected chi connectivity index (χ0v) is 11.8. The Morgan fingerprint density at radius 3 is 2.12 bits per heavy atom. The lowest BCUT2D eigenvalue weighted by Gasteiger charge is -2.20. The summed E-state index contributed by atoms with van der Waals surface area (Å²) in [6.07, 6.45) is 6.31. The highest BCUT2D eigenvalue weighted by Crippen LogP contribution is 2.04. The summed E-state index contributed by atoms with van der Waals surface area (Å²) in [5.41, 5.74) is 0. The van der Waals surface area contributed by atoms with E-state index in [1.807, 2.05) is 6.92 Å². The van der Waals surface area contributed by atoms with Gasteiger partial charge >= 0.3 is 5.97 Å². The molecule has 0 aromatic rings. The summed E-state index contributed by atoms with van der Waals surface area (Å²) >= 11 is 0. The standard InChI is InChI=1S/C14H29NO2/c1-4-11-15(12-5-2)13-9-7-8-10-14(16)17-6-3/h4-13H2,1-3H3. The third-order valence-corrected chi connectivity index (χ3v) is 2.74. The summed E-state index contributed by atoms with van der Waals surface area (Å²) in [6, 6.07) is 0. The number of rotatable bonds is 11. The highest BCUT2D eigenvalue weighted by Gasteiger charge is 2.03. The van der Waals surface area contributed by atoms with Crippen LogP contribution < -0.4 is 0 Å². The maximum absolute atomic E-state index is 11.1. The van der Waals surface area contributed by atoms with Crippen LogP contribution in [0.1, 0.15) is 59.3 Å². The predicted molar refractivity (Wildman–Crippen MR) is 72.1 cm³/mol. The summed E-state index contributed by atoms with van der Waals surface area (Å²) in [7, 11) is 0. The van der Waals surface area contributed by atoms with E-state index in [0.717, 1.165) is 12.8 Å². The van der Waals surface area contributed by atoms with Crippen molar-refractivity contribution in [2.24, 2.45) is 0 Å². The van der Waals surface area contributed by atoms with E-state index in [1.165, 1.54) is 38.9 Å². The topological polar surface area (TPSA) is 29.5 Å². The average Bonchev–Trinajstić information content (AvgIpc) is 2.29. The second-order valence-electron chi connectivity index (χ2n) is 4.46. The first kappa shape index (κ1) is 16.4. The van der Waals surface area contributed by atoms with Crippen LogP contribution >= 0.6 is 0 Å². The molecule has 0 spiro atoms. The Balaban J connectivity index is 3.44. The molecular formula is C14H29NO2. The van der Waals surface area contributed by atoms with Gasteiger partial charge in [-0.2, -0.15) is 0 Å². The fourth-order valence-electron chi connectivity index (χ4n) is 1.98. The molecule has 0 N–H and O–H groups in total.